The standard InChI is InChI=1S/C14H18FN7O3/c1-8-11(14(15)20(4)18-8)7-16-17-12(23)5-6-21-10(3)13(22(24)25)9(2)19-21/h7H,5-6H2,1-4H3,(H,17,23)/b16-7+. The topological polar surface area (TPSA) is 120 Å². The Labute approximate surface area is 142 Å². The molecule has 2 aromatic heterocycles. The summed E-state index contributed by atoms with van der Waals surface area (Å²) in [6.45, 7) is 4.91. The Morgan fingerprint density at radius 2 is 2.04 bits per heavy atom. The van der Waals surface area contributed by atoms with E-state index in [0.29, 0.717) is 17.1 Å². The molecule has 2 rings (SSSR count). The van der Waals surface area contributed by atoms with E-state index in [4.69, 9.17) is 0 Å². The van der Waals surface area contributed by atoms with Crippen LogP contribution >= 0.6 is 0 Å². The zero-order valence-corrected chi connectivity index (χ0v) is 14.3. The van der Waals surface area contributed by atoms with Crippen molar-refractivity contribution in [3.05, 3.63) is 38.7 Å². The van der Waals surface area contributed by atoms with Crippen molar-refractivity contribution in [1.29, 1.82) is 0 Å². The zero-order chi connectivity index (χ0) is 18.7. The van der Waals surface area contributed by atoms with Crippen LogP contribution in [0.3, 0.4) is 0 Å². The van der Waals surface area contributed by atoms with E-state index in [9.17, 15) is 19.3 Å². The molecular formula is C14H18FN7O3. The van der Waals surface area contributed by atoms with Crippen LogP contribution in [0.5, 0.6) is 0 Å². The van der Waals surface area contributed by atoms with Gasteiger partial charge in [-0.3, -0.25) is 19.6 Å². The van der Waals surface area contributed by atoms with E-state index in [1.54, 1.807) is 13.8 Å². The second-order valence-corrected chi connectivity index (χ2v) is 5.46. The van der Waals surface area contributed by atoms with Gasteiger partial charge in [-0.15, -0.1) is 0 Å². The van der Waals surface area contributed by atoms with Gasteiger partial charge in [-0.05, 0) is 20.8 Å². The molecule has 0 spiro atoms. The number of carbonyl (C=O) groups is 1. The number of hydrazone groups is 1. The number of amides is 1. The quantitative estimate of drug-likeness (QED) is 0.475. The van der Waals surface area contributed by atoms with E-state index in [1.807, 2.05) is 0 Å². The first-order valence-electron chi connectivity index (χ1n) is 7.41. The molecule has 134 valence electrons. The lowest BCUT2D eigenvalue weighted by atomic mass is 10.3. The summed E-state index contributed by atoms with van der Waals surface area (Å²) in [6.07, 6.45) is 1.20. The molecule has 0 aliphatic rings. The fraction of sp³-hybridized carbons (Fsp3) is 0.429. The van der Waals surface area contributed by atoms with Crippen LogP contribution in [-0.2, 0) is 18.4 Å². The maximum atomic E-state index is 13.7. The molecule has 0 fully saturated rings. The molecule has 0 saturated heterocycles. The van der Waals surface area contributed by atoms with E-state index in [0.717, 1.165) is 4.68 Å². The first-order chi connectivity index (χ1) is 11.7. The highest BCUT2D eigenvalue weighted by Crippen LogP contribution is 2.21. The lowest BCUT2D eigenvalue weighted by Gasteiger charge is -2.02. The lowest BCUT2D eigenvalue weighted by molar-refractivity contribution is -0.386. The summed E-state index contributed by atoms with van der Waals surface area (Å²) >= 11 is 0. The van der Waals surface area contributed by atoms with Crippen molar-refractivity contribution < 1.29 is 14.1 Å². The number of carbonyl (C=O) groups excluding carboxylic acids is 1. The molecule has 1 amide bonds. The van der Waals surface area contributed by atoms with Gasteiger partial charge in [0.25, 0.3) is 0 Å². The van der Waals surface area contributed by atoms with Crippen LogP contribution in [0.15, 0.2) is 5.10 Å². The van der Waals surface area contributed by atoms with Crippen LogP contribution in [-0.4, -0.2) is 36.6 Å². The molecular weight excluding hydrogens is 333 g/mol. The molecule has 0 radical (unpaired) electrons. The molecule has 2 heterocycles. The van der Waals surface area contributed by atoms with Gasteiger partial charge < -0.3 is 0 Å². The van der Waals surface area contributed by atoms with E-state index in [1.165, 1.54) is 24.9 Å². The Morgan fingerprint density at radius 1 is 1.36 bits per heavy atom. The average molecular weight is 351 g/mol. The molecule has 0 aromatic carbocycles. The number of halogens is 1. The average Bonchev–Trinajstić information content (AvgIpc) is 2.94. The van der Waals surface area contributed by atoms with Gasteiger partial charge in [0.15, 0.2) is 0 Å². The molecule has 1 N–H and O–H groups in total. The fourth-order valence-electron chi connectivity index (χ4n) is 2.39. The third-order valence-electron chi connectivity index (χ3n) is 3.66. The molecule has 0 atom stereocenters. The first kappa shape index (κ1) is 18.2. The number of nitro groups is 1. The Morgan fingerprint density at radius 3 is 2.56 bits per heavy atom. The molecule has 0 aliphatic heterocycles. The summed E-state index contributed by atoms with van der Waals surface area (Å²) in [5.41, 5.74) is 3.55. The number of nitrogens with zero attached hydrogens (tertiary/aromatic N) is 6. The molecule has 0 unspecified atom stereocenters. The maximum absolute atomic E-state index is 13.7. The Hall–Kier alpha value is -3.11. The summed E-state index contributed by atoms with van der Waals surface area (Å²) in [7, 11) is 1.46. The Bertz CT molecular complexity index is 853. The summed E-state index contributed by atoms with van der Waals surface area (Å²) < 4.78 is 16.2. The fourth-order valence-corrected chi connectivity index (χ4v) is 2.39. The molecule has 0 bridgehead atoms. The molecule has 25 heavy (non-hydrogen) atoms. The smallest absolute Gasteiger partial charge is 0.273 e. The van der Waals surface area contributed by atoms with E-state index >= 15 is 0 Å². The van der Waals surface area contributed by atoms with Gasteiger partial charge >= 0.3 is 5.69 Å². The van der Waals surface area contributed by atoms with Crippen LogP contribution in [0.2, 0.25) is 0 Å². The zero-order valence-electron chi connectivity index (χ0n) is 14.3. The van der Waals surface area contributed by atoms with Crippen LogP contribution in [0.4, 0.5) is 10.1 Å². The van der Waals surface area contributed by atoms with E-state index in [-0.39, 0.29) is 24.2 Å². The normalized spacial score (nSPS) is 11.2. The SMILES string of the molecule is Cc1nn(C)c(F)c1/C=N/NC(=O)CCn1nc(C)c([N+](=O)[O-])c1C. The van der Waals surface area contributed by atoms with Crippen LogP contribution in [0.1, 0.15) is 29.1 Å². The number of aryl methyl sites for hydroxylation is 4. The van der Waals surface area contributed by atoms with Gasteiger partial charge in [-0.25, -0.2) is 10.1 Å². The number of nitrogens with one attached hydrogen (secondary N) is 1. The number of aromatic nitrogens is 4. The van der Waals surface area contributed by atoms with Gasteiger partial charge in [0.2, 0.25) is 11.9 Å². The largest absolute Gasteiger partial charge is 0.312 e. The summed E-state index contributed by atoms with van der Waals surface area (Å²) in [4.78, 5) is 22.3. The van der Waals surface area contributed by atoms with Crippen LogP contribution in [0, 0.1) is 36.8 Å². The molecule has 0 aliphatic carbocycles. The van der Waals surface area contributed by atoms with Crippen molar-refractivity contribution in [2.45, 2.75) is 33.7 Å². The third-order valence-corrected chi connectivity index (χ3v) is 3.66. The van der Waals surface area contributed by atoms with Crippen molar-refractivity contribution in [1.82, 2.24) is 25.0 Å². The predicted molar refractivity (Wildman–Crippen MR) is 86.6 cm³/mol. The molecule has 10 nitrogen and oxygen atoms in total. The number of hydrogen-bond donors (Lipinski definition) is 1. The van der Waals surface area contributed by atoms with Crippen LogP contribution in [0.25, 0.3) is 0 Å². The van der Waals surface area contributed by atoms with Gasteiger partial charge in [-0.2, -0.15) is 19.7 Å². The van der Waals surface area contributed by atoms with Crippen molar-refractivity contribution in [2.75, 3.05) is 0 Å². The molecule has 2 aromatic rings. The minimum Gasteiger partial charge on any atom is -0.273 e. The second kappa shape index (κ2) is 7.20. The maximum Gasteiger partial charge on any atom is 0.312 e. The minimum absolute atomic E-state index is 0.0188. The monoisotopic (exact) mass is 351 g/mol. The Balaban J connectivity index is 1.94. The van der Waals surface area contributed by atoms with E-state index in [2.05, 4.69) is 20.7 Å². The van der Waals surface area contributed by atoms with E-state index < -0.39 is 16.8 Å². The van der Waals surface area contributed by atoms with Gasteiger partial charge in [0.05, 0.1) is 28.9 Å². The summed E-state index contributed by atoms with van der Waals surface area (Å²) in [5, 5.41) is 22.6. The molecule has 0 saturated carbocycles. The lowest BCUT2D eigenvalue weighted by Crippen LogP contribution is -2.20. The minimum atomic E-state index is -0.551. The van der Waals surface area contributed by atoms with Crippen molar-refractivity contribution in [3.63, 3.8) is 0 Å². The molecule has 11 heteroatoms. The highest BCUT2D eigenvalue weighted by molar-refractivity contribution is 5.83. The van der Waals surface area contributed by atoms with Gasteiger partial charge in [0, 0.05) is 13.5 Å². The van der Waals surface area contributed by atoms with Crippen molar-refractivity contribution in [3.8, 4) is 0 Å². The third kappa shape index (κ3) is 3.87. The predicted octanol–water partition coefficient (Wildman–Crippen LogP) is 1.13. The first-order valence-corrected chi connectivity index (χ1v) is 7.41. The van der Waals surface area contributed by atoms with Crippen LogP contribution < -0.4 is 5.43 Å². The summed E-state index contributed by atoms with van der Waals surface area (Å²) in [6, 6.07) is 0. The van der Waals surface area contributed by atoms with Crippen molar-refractivity contribution in [2.24, 2.45) is 12.1 Å². The summed E-state index contributed by atoms with van der Waals surface area (Å²) in [5.74, 6) is -0.973. The Kier molecular flexibility index (Phi) is 5.25. The second-order valence-electron chi connectivity index (χ2n) is 5.46. The highest BCUT2D eigenvalue weighted by Gasteiger charge is 2.21. The van der Waals surface area contributed by atoms with Crippen molar-refractivity contribution >= 4 is 17.8 Å². The highest BCUT2D eigenvalue weighted by atomic mass is 19.1. The number of rotatable bonds is 6. The van der Waals surface area contributed by atoms with Gasteiger partial charge in [-0.1, -0.05) is 0 Å². The number of hydrogen-bond acceptors (Lipinski definition) is 6. The van der Waals surface area contributed by atoms with Gasteiger partial charge in [0.1, 0.15) is 11.4 Å².